The molecule has 0 aromatic carbocycles. The SMILES string of the molecule is CCC1C2CCC3(C)CCCCC3(C)C2=CCC1(C)C(C)=O. The van der Waals surface area contributed by atoms with Gasteiger partial charge in [0.1, 0.15) is 5.78 Å². The molecule has 2 saturated carbocycles. The third-order valence-electron chi connectivity index (χ3n) is 8.33. The predicted octanol–water partition coefficient (Wildman–Crippen LogP) is 5.93. The van der Waals surface area contributed by atoms with Crippen molar-refractivity contribution in [1.82, 2.24) is 0 Å². The van der Waals surface area contributed by atoms with E-state index in [2.05, 4.69) is 33.8 Å². The van der Waals surface area contributed by atoms with Crippen LogP contribution in [0.2, 0.25) is 0 Å². The zero-order valence-corrected chi connectivity index (χ0v) is 15.3. The van der Waals surface area contributed by atoms with Gasteiger partial charge >= 0.3 is 0 Å². The van der Waals surface area contributed by atoms with E-state index in [-0.39, 0.29) is 5.41 Å². The zero-order valence-electron chi connectivity index (χ0n) is 15.3. The first kappa shape index (κ1) is 16.3. The Bertz CT molecular complexity index is 504. The molecule has 3 aliphatic rings. The fourth-order valence-corrected chi connectivity index (χ4v) is 6.36. The first-order valence-corrected chi connectivity index (χ1v) is 9.50. The molecule has 1 nitrogen and oxygen atoms in total. The smallest absolute Gasteiger partial charge is 0.136 e. The molecule has 22 heavy (non-hydrogen) atoms. The van der Waals surface area contributed by atoms with Crippen LogP contribution in [-0.4, -0.2) is 5.78 Å². The Labute approximate surface area is 136 Å². The summed E-state index contributed by atoms with van der Waals surface area (Å²) >= 11 is 0. The van der Waals surface area contributed by atoms with Gasteiger partial charge in [-0.25, -0.2) is 0 Å². The topological polar surface area (TPSA) is 17.1 Å². The van der Waals surface area contributed by atoms with Crippen molar-refractivity contribution in [2.24, 2.45) is 28.1 Å². The van der Waals surface area contributed by atoms with E-state index in [9.17, 15) is 4.79 Å². The summed E-state index contributed by atoms with van der Waals surface area (Å²) in [5, 5.41) is 0. The molecule has 0 aromatic heterocycles. The van der Waals surface area contributed by atoms with Crippen molar-refractivity contribution in [2.75, 3.05) is 0 Å². The van der Waals surface area contributed by atoms with Crippen molar-refractivity contribution in [3.63, 3.8) is 0 Å². The van der Waals surface area contributed by atoms with Crippen LogP contribution < -0.4 is 0 Å². The molecule has 0 bridgehead atoms. The zero-order chi connectivity index (χ0) is 16.2. The van der Waals surface area contributed by atoms with Gasteiger partial charge in [0.25, 0.3) is 0 Å². The summed E-state index contributed by atoms with van der Waals surface area (Å²) < 4.78 is 0. The Balaban J connectivity index is 2.04. The molecule has 0 radical (unpaired) electrons. The number of hydrogen-bond donors (Lipinski definition) is 0. The second-order valence-electron chi connectivity index (χ2n) is 9.10. The number of Topliss-reactive ketones (excluding diaryl/α,β-unsaturated/α-hetero) is 1. The molecule has 5 atom stereocenters. The molecule has 0 saturated heterocycles. The highest BCUT2D eigenvalue weighted by atomic mass is 16.1. The van der Waals surface area contributed by atoms with Crippen LogP contribution in [-0.2, 0) is 4.79 Å². The highest BCUT2D eigenvalue weighted by Crippen LogP contribution is 2.66. The van der Waals surface area contributed by atoms with Gasteiger partial charge in [-0.15, -0.1) is 0 Å². The van der Waals surface area contributed by atoms with E-state index in [0.29, 0.717) is 28.4 Å². The maximum atomic E-state index is 12.4. The van der Waals surface area contributed by atoms with Crippen molar-refractivity contribution >= 4 is 5.78 Å². The Morgan fingerprint density at radius 2 is 1.86 bits per heavy atom. The normalized spacial score (nSPS) is 48.1. The van der Waals surface area contributed by atoms with Crippen molar-refractivity contribution in [3.05, 3.63) is 11.6 Å². The number of ketones is 1. The third-order valence-corrected chi connectivity index (χ3v) is 8.33. The van der Waals surface area contributed by atoms with Gasteiger partial charge in [0.05, 0.1) is 0 Å². The Kier molecular flexibility index (Phi) is 3.86. The van der Waals surface area contributed by atoms with E-state index < -0.39 is 0 Å². The fourth-order valence-electron chi connectivity index (χ4n) is 6.36. The van der Waals surface area contributed by atoms with Gasteiger partial charge in [0.15, 0.2) is 0 Å². The number of rotatable bonds is 2. The second-order valence-corrected chi connectivity index (χ2v) is 9.10. The van der Waals surface area contributed by atoms with E-state index in [1.54, 1.807) is 5.57 Å². The minimum atomic E-state index is -0.123. The lowest BCUT2D eigenvalue weighted by atomic mass is 9.43. The highest BCUT2D eigenvalue weighted by molar-refractivity contribution is 5.83. The van der Waals surface area contributed by atoms with E-state index in [4.69, 9.17) is 0 Å². The maximum Gasteiger partial charge on any atom is 0.136 e. The lowest BCUT2D eigenvalue weighted by Crippen LogP contribution is -2.52. The molecule has 124 valence electrons. The number of hydrogen-bond acceptors (Lipinski definition) is 1. The molecule has 5 unspecified atom stereocenters. The quantitative estimate of drug-likeness (QED) is 0.577. The van der Waals surface area contributed by atoms with Crippen LogP contribution in [0.4, 0.5) is 0 Å². The molecule has 0 amide bonds. The molecule has 0 heterocycles. The lowest BCUT2D eigenvalue weighted by molar-refractivity contribution is -0.131. The summed E-state index contributed by atoms with van der Waals surface area (Å²) in [6.45, 7) is 11.4. The fraction of sp³-hybridized carbons (Fsp3) is 0.857. The highest BCUT2D eigenvalue weighted by Gasteiger charge is 2.57. The summed E-state index contributed by atoms with van der Waals surface area (Å²) in [6.07, 6.45) is 12.8. The van der Waals surface area contributed by atoms with E-state index in [1.807, 2.05) is 6.92 Å². The number of allylic oxidation sites excluding steroid dienone is 2. The Morgan fingerprint density at radius 3 is 2.50 bits per heavy atom. The number of carbonyl (C=O) groups is 1. The lowest BCUT2D eigenvalue weighted by Gasteiger charge is -2.61. The van der Waals surface area contributed by atoms with Crippen LogP contribution in [0.3, 0.4) is 0 Å². The van der Waals surface area contributed by atoms with Crippen LogP contribution in [0.15, 0.2) is 11.6 Å². The average Bonchev–Trinajstić information content (AvgIpc) is 2.47. The summed E-state index contributed by atoms with van der Waals surface area (Å²) in [6, 6.07) is 0. The molecule has 2 fully saturated rings. The first-order valence-electron chi connectivity index (χ1n) is 9.50. The van der Waals surface area contributed by atoms with Crippen LogP contribution in [0, 0.1) is 28.1 Å². The molecule has 3 rings (SSSR count). The standard InChI is InChI=1S/C21H34O/c1-6-17-16-9-13-19(3)11-7-8-12-21(19,5)18(16)10-14-20(17,4)15(2)22/h10,16-17H,6-9,11-14H2,1-5H3. The third kappa shape index (κ3) is 2.00. The van der Waals surface area contributed by atoms with Gasteiger partial charge in [-0.1, -0.05) is 58.6 Å². The van der Waals surface area contributed by atoms with Gasteiger partial charge in [-0.05, 0) is 61.7 Å². The summed E-state index contributed by atoms with van der Waals surface area (Å²) in [7, 11) is 0. The van der Waals surface area contributed by atoms with Gasteiger partial charge < -0.3 is 0 Å². The van der Waals surface area contributed by atoms with Gasteiger partial charge in [0, 0.05) is 5.41 Å². The first-order chi connectivity index (χ1) is 10.3. The molecule has 0 spiro atoms. The van der Waals surface area contributed by atoms with Crippen LogP contribution in [0.5, 0.6) is 0 Å². The van der Waals surface area contributed by atoms with E-state index >= 15 is 0 Å². The summed E-state index contributed by atoms with van der Waals surface area (Å²) in [5.41, 5.74) is 2.50. The molecule has 1 heteroatoms. The minimum Gasteiger partial charge on any atom is -0.299 e. The summed E-state index contributed by atoms with van der Waals surface area (Å²) in [4.78, 5) is 12.4. The average molecular weight is 303 g/mol. The largest absolute Gasteiger partial charge is 0.299 e. The van der Waals surface area contributed by atoms with Crippen LogP contribution in [0.1, 0.15) is 86.0 Å². The Morgan fingerprint density at radius 1 is 1.18 bits per heavy atom. The van der Waals surface area contributed by atoms with Crippen molar-refractivity contribution < 1.29 is 4.79 Å². The molecule has 0 aliphatic heterocycles. The molecule has 3 aliphatic carbocycles. The molecular weight excluding hydrogens is 268 g/mol. The predicted molar refractivity (Wildman–Crippen MR) is 92.7 cm³/mol. The molecule has 0 N–H and O–H groups in total. The van der Waals surface area contributed by atoms with Gasteiger partial charge in [-0.3, -0.25) is 4.79 Å². The van der Waals surface area contributed by atoms with Crippen molar-refractivity contribution in [1.29, 1.82) is 0 Å². The van der Waals surface area contributed by atoms with Crippen LogP contribution in [0.25, 0.3) is 0 Å². The molecule has 0 aromatic rings. The number of carbonyl (C=O) groups excluding carboxylic acids is 1. The van der Waals surface area contributed by atoms with E-state index in [0.717, 1.165) is 12.8 Å². The van der Waals surface area contributed by atoms with Crippen molar-refractivity contribution in [3.8, 4) is 0 Å². The summed E-state index contributed by atoms with van der Waals surface area (Å²) in [5.74, 6) is 1.61. The van der Waals surface area contributed by atoms with Crippen molar-refractivity contribution in [2.45, 2.75) is 86.0 Å². The van der Waals surface area contributed by atoms with E-state index in [1.165, 1.54) is 38.5 Å². The maximum absolute atomic E-state index is 12.4. The van der Waals surface area contributed by atoms with Gasteiger partial charge in [-0.2, -0.15) is 0 Å². The Hall–Kier alpha value is -0.590. The second kappa shape index (κ2) is 5.21. The van der Waals surface area contributed by atoms with Crippen LogP contribution >= 0.6 is 0 Å². The minimum absolute atomic E-state index is 0.123. The molecular formula is C21H34O. The number of fused-ring (bicyclic) bond motifs is 3. The monoisotopic (exact) mass is 302 g/mol. The van der Waals surface area contributed by atoms with Gasteiger partial charge in [0.2, 0.25) is 0 Å².